The first-order valence-electron chi connectivity index (χ1n) is 10.8. The van der Waals surface area contributed by atoms with E-state index in [2.05, 4.69) is 13.8 Å². The Morgan fingerprint density at radius 2 is 1.41 bits per heavy atom. The topological polar surface area (TPSA) is 34.1 Å². The van der Waals surface area contributed by atoms with Crippen LogP contribution in [0, 0.1) is 6.92 Å². The number of benzene rings is 1. The van der Waals surface area contributed by atoms with E-state index in [1.165, 1.54) is 32.1 Å². The van der Waals surface area contributed by atoms with Gasteiger partial charge in [-0.15, -0.1) is 0 Å². The van der Waals surface area contributed by atoms with Crippen LogP contribution >= 0.6 is 0 Å². The van der Waals surface area contributed by atoms with Gasteiger partial charge in [0.2, 0.25) is 0 Å². The van der Waals surface area contributed by atoms with Gasteiger partial charge in [0, 0.05) is 11.3 Å². The highest BCUT2D eigenvalue weighted by Crippen LogP contribution is 2.20. The summed E-state index contributed by atoms with van der Waals surface area (Å²) in [7, 11) is -1.36. The Morgan fingerprint density at radius 3 is 2.04 bits per heavy atom. The molecule has 0 aliphatic heterocycles. The van der Waals surface area contributed by atoms with E-state index in [-0.39, 0.29) is 5.78 Å². The van der Waals surface area contributed by atoms with E-state index in [1.54, 1.807) is 0 Å². The molecule has 0 aliphatic carbocycles. The Balaban J connectivity index is 2.63. The van der Waals surface area contributed by atoms with Crippen molar-refractivity contribution in [2.75, 3.05) is 0 Å². The molecule has 152 valence electrons. The average molecular weight is 391 g/mol. The van der Waals surface area contributed by atoms with Gasteiger partial charge in [-0.25, -0.2) is 4.21 Å². The molecule has 0 amide bonds. The normalized spacial score (nSPS) is 12.9. The zero-order chi connectivity index (χ0) is 19.9. The molecule has 1 atom stereocenters. The van der Waals surface area contributed by atoms with Crippen molar-refractivity contribution in [1.82, 2.24) is 0 Å². The Morgan fingerprint density at radius 1 is 0.852 bits per heavy atom. The molecule has 0 aliphatic rings. The summed E-state index contributed by atoms with van der Waals surface area (Å²) in [6.07, 6.45) is 15.0. The molecule has 1 aromatic rings. The molecule has 27 heavy (non-hydrogen) atoms. The van der Waals surface area contributed by atoms with Gasteiger partial charge in [-0.3, -0.25) is 4.79 Å². The number of unbranched alkanes of at least 4 members (excludes halogenated alkanes) is 9. The van der Waals surface area contributed by atoms with Gasteiger partial charge in [-0.1, -0.05) is 89.0 Å². The van der Waals surface area contributed by atoms with Crippen LogP contribution < -0.4 is 0 Å². The van der Waals surface area contributed by atoms with Crippen LogP contribution in [0.2, 0.25) is 0 Å². The quantitative estimate of drug-likeness (QED) is 0.233. The number of aryl methyl sites for hydroxylation is 1. The third-order valence-electron chi connectivity index (χ3n) is 4.85. The Hall–Kier alpha value is -1.22. The fraction of sp³-hybridized carbons (Fsp3) is 0.625. The van der Waals surface area contributed by atoms with E-state index < -0.39 is 10.8 Å². The molecule has 0 radical (unpaired) electrons. The summed E-state index contributed by atoms with van der Waals surface area (Å²) in [5, 5.41) is 0. The summed E-state index contributed by atoms with van der Waals surface area (Å²) in [6.45, 7) is 6.40. The molecule has 0 saturated heterocycles. The Bertz CT molecular complexity index is 587. The predicted octanol–water partition coefficient (Wildman–Crippen LogP) is 7.28. The van der Waals surface area contributed by atoms with Crippen LogP contribution in [-0.2, 0) is 15.6 Å². The van der Waals surface area contributed by atoms with Gasteiger partial charge in [-0.05, 0) is 38.3 Å². The number of hydrogen-bond acceptors (Lipinski definition) is 2. The first-order chi connectivity index (χ1) is 13.1. The minimum absolute atomic E-state index is 0.0685. The molecule has 0 saturated carbocycles. The average Bonchev–Trinajstić information content (AvgIpc) is 2.67. The number of allylic oxidation sites excluding steroid dienone is 2. The lowest BCUT2D eigenvalue weighted by Crippen LogP contribution is -2.09. The summed E-state index contributed by atoms with van der Waals surface area (Å²) < 4.78 is 13.0. The van der Waals surface area contributed by atoms with Crippen LogP contribution in [0.5, 0.6) is 0 Å². The molecule has 0 spiro atoms. The van der Waals surface area contributed by atoms with Crippen molar-refractivity contribution >= 4 is 16.6 Å². The zero-order valence-corrected chi connectivity index (χ0v) is 18.4. The molecule has 1 rings (SSSR count). The summed E-state index contributed by atoms with van der Waals surface area (Å²) >= 11 is 0. The highest BCUT2D eigenvalue weighted by Gasteiger charge is 2.17. The fourth-order valence-corrected chi connectivity index (χ4v) is 4.29. The van der Waals surface area contributed by atoms with Crippen LogP contribution in [0.3, 0.4) is 0 Å². The highest BCUT2D eigenvalue weighted by atomic mass is 32.2. The van der Waals surface area contributed by atoms with Crippen LogP contribution in [0.1, 0.15) is 96.5 Å². The lowest BCUT2D eigenvalue weighted by atomic mass is 10.1. The third kappa shape index (κ3) is 10.0. The molecular weight excluding hydrogens is 352 g/mol. The van der Waals surface area contributed by atoms with Crippen LogP contribution in [-0.4, -0.2) is 9.99 Å². The van der Waals surface area contributed by atoms with Gasteiger partial charge in [0.05, 0.1) is 15.7 Å². The van der Waals surface area contributed by atoms with Crippen molar-refractivity contribution in [2.24, 2.45) is 0 Å². The number of Topliss-reactive ketones (excluding diaryl/α,β-unsaturated/α-hetero) is 1. The second-order valence-electron chi connectivity index (χ2n) is 7.44. The standard InChI is InChI=1S/C24H38O2S/c1-4-6-8-10-11-12-13-15-23(25)24(16-14-9-7-5-2)27(26)22-19-17-21(3)18-20-22/h16-20H,4-15H2,1-3H3/b24-16+. The number of ketones is 1. The second kappa shape index (κ2) is 14.8. The summed E-state index contributed by atoms with van der Waals surface area (Å²) in [4.78, 5) is 14.0. The monoisotopic (exact) mass is 390 g/mol. The zero-order valence-electron chi connectivity index (χ0n) is 17.6. The molecule has 0 heterocycles. The van der Waals surface area contributed by atoms with E-state index in [0.29, 0.717) is 11.3 Å². The van der Waals surface area contributed by atoms with Gasteiger partial charge in [-0.2, -0.15) is 0 Å². The SMILES string of the molecule is CCCCC/C=C(\C(=O)CCCCCCCCC)S(=O)c1ccc(C)cc1. The van der Waals surface area contributed by atoms with Crippen molar-refractivity contribution in [3.63, 3.8) is 0 Å². The van der Waals surface area contributed by atoms with Crippen molar-refractivity contribution in [3.8, 4) is 0 Å². The number of hydrogen-bond donors (Lipinski definition) is 0. The van der Waals surface area contributed by atoms with Crippen LogP contribution in [0.25, 0.3) is 0 Å². The minimum Gasteiger partial charge on any atom is -0.294 e. The van der Waals surface area contributed by atoms with Gasteiger partial charge in [0.1, 0.15) is 0 Å². The summed E-state index contributed by atoms with van der Waals surface area (Å²) in [6, 6.07) is 7.68. The predicted molar refractivity (Wildman–Crippen MR) is 117 cm³/mol. The summed E-state index contributed by atoms with van der Waals surface area (Å²) in [5.74, 6) is 0.0685. The molecule has 3 heteroatoms. The molecule has 0 bridgehead atoms. The van der Waals surface area contributed by atoms with E-state index >= 15 is 0 Å². The minimum atomic E-state index is -1.36. The van der Waals surface area contributed by atoms with Gasteiger partial charge in [0.15, 0.2) is 5.78 Å². The maximum absolute atomic E-state index is 13.0. The molecule has 2 nitrogen and oxygen atoms in total. The van der Waals surface area contributed by atoms with E-state index in [1.807, 2.05) is 37.3 Å². The maximum Gasteiger partial charge on any atom is 0.171 e. The van der Waals surface area contributed by atoms with Crippen molar-refractivity contribution in [1.29, 1.82) is 0 Å². The van der Waals surface area contributed by atoms with Crippen LogP contribution in [0.15, 0.2) is 40.1 Å². The largest absolute Gasteiger partial charge is 0.294 e. The third-order valence-corrected chi connectivity index (χ3v) is 6.35. The highest BCUT2D eigenvalue weighted by molar-refractivity contribution is 7.90. The fourth-order valence-electron chi connectivity index (χ4n) is 3.08. The Kier molecular flexibility index (Phi) is 13.0. The second-order valence-corrected chi connectivity index (χ2v) is 8.89. The molecular formula is C24H38O2S. The molecule has 1 unspecified atom stereocenters. The molecule has 0 fully saturated rings. The first-order valence-corrected chi connectivity index (χ1v) is 12.0. The number of carbonyl (C=O) groups excluding carboxylic acids is 1. The van der Waals surface area contributed by atoms with Gasteiger partial charge < -0.3 is 0 Å². The lowest BCUT2D eigenvalue weighted by Gasteiger charge is -2.08. The smallest absolute Gasteiger partial charge is 0.171 e. The number of carbonyl (C=O) groups is 1. The van der Waals surface area contributed by atoms with Gasteiger partial charge >= 0.3 is 0 Å². The van der Waals surface area contributed by atoms with Crippen molar-refractivity contribution in [2.45, 2.75) is 103 Å². The molecule has 0 aromatic heterocycles. The van der Waals surface area contributed by atoms with Crippen LogP contribution in [0.4, 0.5) is 0 Å². The summed E-state index contributed by atoms with van der Waals surface area (Å²) in [5.41, 5.74) is 1.14. The molecule has 1 aromatic carbocycles. The van der Waals surface area contributed by atoms with E-state index in [9.17, 15) is 9.00 Å². The van der Waals surface area contributed by atoms with Crippen molar-refractivity contribution in [3.05, 3.63) is 40.8 Å². The lowest BCUT2D eigenvalue weighted by molar-refractivity contribution is -0.115. The van der Waals surface area contributed by atoms with E-state index in [0.717, 1.165) is 49.0 Å². The van der Waals surface area contributed by atoms with E-state index in [4.69, 9.17) is 0 Å². The Labute approximate surface area is 169 Å². The first kappa shape index (κ1) is 23.8. The van der Waals surface area contributed by atoms with Gasteiger partial charge in [0.25, 0.3) is 0 Å². The maximum atomic E-state index is 13.0. The van der Waals surface area contributed by atoms with Crippen molar-refractivity contribution < 1.29 is 9.00 Å². The molecule has 0 N–H and O–H groups in total. The number of rotatable bonds is 15.